The van der Waals surface area contributed by atoms with Gasteiger partial charge in [0.25, 0.3) is 0 Å². The van der Waals surface area contributed by atoms with Gasteiger partial charge in [-0.05, 0) is 80.8 Å². The van der Waals surface area contributed by atoms with Gasteiger partial charge in [0.15, 0.2) is 0 Å². The van der Waals surface area contributed by atoms with Gasteiger partial charge in [0.1, 0.15) is 11.6 Å². The van der Waals surface area contributed by atoms with E-state index < -0.39 is 11.6 Å². The number of hydrogen-bond donors (Lipinski definition) is 1. The second-order valence-corrected chi connectivity index (χ2v) is 12.3. The van der Waals surface area contributed by atoms with Gasteiger partial charge >= 0.3 is 0 Å². The molecule has 212 valence electrons. The highest BCUT2D eigenvalue weighted by Gasteiger charge is 2.44. The van der Waals surface area contributed by atoms with E-state index in [2.05, 4.69) is 37.1 Å². The fourth-order valence-corrected chi connectivity index (χ4v) is 6.21. The third-order valence-electron chi connectivity index (χ3n) is 8.34. The van der Waals surface area contributed by atoms with Gasteiger partial charge in [-0.15, -0.1) is 0 Å². The number of amides is 2. The summed E-state index contributed by atoms with van der Waals surface area (Å²) >= 11 is 6.30. The summed E-state index contributed by atoms with van der Waals surface area (Å²) in [6.07, 6.45) is 2.81. The Morgan fingerprint density at radius 2 is 1.72 bits per heavy atom. The van der Waals surface area contributed by atoms with E-state index in [0.29, 0.717) is 62.1 Å². The van der Waals surface area contributed by atoms with E-state index >= 15 is 0 Å². The molecule has 0 saturated carbocycles. The average molecular weight is 560 g/mol. The van der Waals surface area contributed by atoms with E-state index in [1.165, 1.54) is 17.7 Å². The second kappa shape index (κ2) is 12.3. The summed E-state index contributed by atoms with van der Waals surface area (Å²) in [6, 6.07) is 9.66. The highest BCUT2D eigenvalue weighted by Crippen LogP contribution is 2.40. The summed E-state index contributed by atoms with van der Waals surface area (Å²) in [7, 11) is 0. The number of benzene rings is 2. The molecular weight excluding hydrogens is 520 g/mol. The van der Waals surface area contributed by atoms with Gasteiger partial charge in [0.2, 0.25) is 11.8 Å². The first-order valence-electron chi connectivity index (χ1n) is 14.0. The molecule has 2 fully saturated rings. The standard InChI is InChI=1S/C31H40ClF2N3O2/c1-5-29(38)35-13-10-21-16-22(32)6-8-24(21)20-11-14-36(15-12-20)30(39)27-19-37(31(2,3)4)18-26(27)25-9-7-23(33)17-28(25)34/h6-9,16-17,20,26-27H,5,10-15,18-19H2,1-4H3,(H,35,38). The first-order chi connectivity index (χ1) is 18.5. The summed E-state index contributed by atoms with van der Waals surface area (Å²) in [5.41, 5.74) is 2.60. The fourth-order valence-electron chi connectivity index (χ4n) is 6.02. The second-order valence-electron chi connectivity index (χ2n) is 11.9. The van der Waals surface area contributed by atoms with Gasteiger partial charge in [0, 0.05) is 61.7 Å². The highest BCUT2D eigenvalue weighted by atomic mass is 35.5. The van der Waals surface area contributed by atoms with Crippen molar-refractivity contribution in [1.82, 2.24) is 15.1 Å². The number of nitrogens with zero attached hydrogens (tertiary/aromatic N) is 2. The maximum atomic E-state index is 14.8. The van der Waals surface area contributed by atoms with Crippen LogP contribution in [0, 0.1) is 17.6 Å². The number of likely N-dealkylation sites (tertiary alicyclic amines) is 2. The first-order valence-corrected chi connectivity index (χ1v) is 14.4. The van der Waals surface area contributed by atoms with Crippen LogP contribution in [-0.2, 0) is 16.0 Å². The Morgan fingerprint density at radius 3 is 2.36 bits per heavy atom. The predicted octanol–water partition coefficient (Wildman–Crippen LogP) is 5.91. The fraction of sp³-hybridized carbons (Fsp3) is 0.548. The summed E-state index contributed by atoms with van der Waals surface area (Å²) in [6.45, 7) is 11.1. The van der Waals surface area contributed by atoms with E-state index in [0.717, 1.165) is 24.5 Å². The number of carbonyl (C=O) groups excluding carboxylic acids is 2. The molecule has 1 N–H and O–H groups in total. The zero-order valence-corrected chi connectivity index (χ0v) is 24.2. The van der Waals surface area contributed by atoms with Gasteiger partial charge in [-0.25, -0.2) is 8.78 Å². The smallest absolute Gasteiger partial charge is 0.227 e. The van der Waals surface area contributed by atoms with Crippen LogP contribution in [0.25, 0.3) is 0 Å². The molecule has 2 saturated heterocycles. The van der Waals surface area contributed by atoms with Crippen molar-refractivity contribution < 1.29 is 18.4 Å². The molecular formula is C31H40ClF2N3O2. The van der Waals surface area contributed by atoms with Crippen LogP contribution in [-0.4, -0.2) is 59.9 Å². The SMILES string of the molecule is CCC(=O)NCCc1cc(Cl)ccc1C1CCN(C(=O)C2CN(C(C)(C)C)CC2c2ccc(F)cc2F)CC1. The minimum absolute atomic E-state index is 0.0289. The van der Waals surface area contributed by atoms with Crippen molar-refractivity contribution in [3.05, 3.63) is 69.7 Å². The van der Waals surface area contributed by atoms with Crippen molar-refractivity contribution in [3.63, 3.8) is 0 Å². The minimum Gasteiger partial charge on any atom is -0.356 e. The maximum absolute atomic E-state index is 14.8. The monoisotopic (exact) mass is 559 g/mol. The molecule has 2 aromatic carbocycles. The van der Waals surface area contributed by atoms with Crippen molar-refractivity contribution in [2.24, 2.45) is 5.92 Å². The van der Waals surface area contributed by atoms with E-state index in [4.69, 9.17) is 11.6 Å². The molecule has 0 spiro atoms. The molecule has 2 aromatic rings. The number of carbonyl (C=O) groups is 2. The lowest BCUT2D eigenvalue weighted by Gasteiger charge is -2.36. The van der Waals surface area contributed by atoms with Crippen LogP contribution in [0.2, 0.25) is 5.02 Å². The Labute approximate surface area is 235 Å². The van der Waals surface area contributed by atoms with Gasteiger partial charge in [-0.1, -0.05) is 30.7 Å². The topological polar surface area (TPSA) is 52.7 Å². The lowest BCUT2D eigenvalue weighted by molar-refractivity contribution is -0.136. The molecule has 2 heterocycles. The minimum atomic E-state index is -0.610. The van der Waals surface area contributed by atoms with Crippen molar-refractivity contribution in [1.29, 1.82) is 0 Å². The Bertz CT molecular complexity index is 1190. The maximum Gasteiger partial charge on any atom is 0.227 e. The molecule has 0 radical (unpaired) electrons. The van der Waals surface area contributed by atoms with Crippen LogP contribution in [0.1, 0.15) is 75.5 Å². The summed E-state index contributed by atoms with van der Waals surface area (Å²) in [5.74, 6) is -1.53. The molecule has 2 unspecified atom stereocenters. The van der Waals surface area contributed by atoms with Gasteiger partial charge in [-0.3, -0.25) is 14.5 Å². The molecule has 0 aromatic heterocycles. The molecule has 39 heavy (non-hydrogen) atoms. The quantitative estimate of drug-likeness (QED) is 0.459. The molecule has 0 aliphatic carbocycles. The van der Waals surface area contributed by atoms with Crippen LogP contribution >= 0.6 is 11.6 Å². The third kappa shape index (κ3) is 6.98. The Morgan fingerprint density at radius 1 is 1.03 bits per heavy atom. The summed E-state index contributed by atoms with van der Waals surface area (Å²) in [4.78, 5) is 29.7. The van der Waals surface area contributed by atoms with Crippen LogP contribution in [0.4, 0.5) is 8.78 Å². The molecule has 5 nitrogen and oxygen atoms in total. The van der Waals surface area contributed by atoms with Crippen molar-refractivity contribution >= 4 is 23.4 Å². The van der Waals surface area contributed by atoms with E-state index in [-0.39, 0.29) is 29.2 Å². The molecule has 2 atom stereocenters. The van der Waals surface area contributed by atoms with E-state index in [1.54, 1.807) is 0 Å². The molecule has 4 rings (SSSR count). The molecule has 0 bridgehead atoms. The van der Waals surface area contributed by atoms with Crippen molar-refractivity contribution in [2.45, 2.75) is 70.8 Å². The Balaban J connectivity index is 1.46. The Hall–Kier alpha value is -2.51. The first kappa shape index (κ1) is 29.5. The highest BCUT2D eigenvalue weighted by molar-refractivity contribution is 6.30. The van der Waals surface area contributed by atoms with Gasteiger partial charge < -0.3 is 10.2 Å². The zero-order chi connectivity index (χ0) is 28.3. The van der Waals surface area contributed by atoms with Crippen LogP contribution < -0.4 is 5.32 Å². The average Bonchev–Trinajstić information content (AvgIpc) is 3.34. The van der Waals surface area contributed by atoms with Gasteiger partial charge in [0.05, 0.1) is 5.92 Å². The summed E-state index contributed by atoms with van der Waals surface area (Å²) < 4.78 is 28.5. The normalized spacial score (nSPS) is 20.8. The lowest BCUT2D eigenvalue weighted by atomic mass is 9.84. The van der Waals surface area contributed by atoms with Crippen molar-refractivity contribution in [2.75, 3.05) is 32.7 Å². The number of rotatable bonds is 7. The number of hydrogen-bond acceptors (Lipinski definition) is 3. The lowest BCUT2D eigenvalue weighted by Crippen LogP contribution is -2.44. The molecule has 2 amide bonds. The number of piperidine rings is 1. The predicted molar refractivity (Wildman–Crippen MR) is 151 cm³/mol. The van der Waals surface area contributed by atoms with E-state index in [1.807, 2.05) is 24.0 Å². The summed E-state index contributed by atoms with van der Waals surface area (Å²) in [5, 5.41) is 3.61. The van der Waals surface area contributed by atoms with Crippen LogP contribution in [0.5, 0.6) is 0 Å². The number of halogens is 3. The number of nitrogens with one attached hydrogen (secondary N) is 1. The van der Waals surface area contributed by atoms with Crippen molar-refractivity contribution in [3.8, 4) is 0 Å². The van der Waals surface area contributed by atoms with Crippen LogP contribution in [0.15, 0.2) is 36.4 Å². The molecule has 2 aliphatic heterocycles. The van der Waals surface area contributed by atoms with Gasteiger partial charge in [-0.2, -0.15) is 0 Å². The zero-order valence-electron chi connectivity index (χ0n) is 23.4. The molecule has 2 aliphatic rings. The third-order valence-corrected chi connectivity index (χ3v) is 8.57. The largest absolute Gasteiger partial charge is 0.356 e. The molecule has 8 heteroatoms. The Kier molecular flexibility index (Phi) is 9.33. The van der Waals surface area contributed by atoms with E-state index in [9.17, 15) is 18.4 Å². The van der Waals surface area contributed by atoms with Crippen LogP contribution in [0.3, 0.4) is 0 Å².